The average molecular weight is 439 g/mol. The quantitative estimate of drug-likeness (QED) is 0.411. The van der Waals surface area contributed by atoms with Crippen molar-refractivity contribution in [2.75, 3.05) is 13.7 Å². The van der Waals surface area contributed by atoms with Gasteiger partial charge < -0.3 is 23.4 Å². The third kappa shape index (κ3) is 5.71. The van der Waals surface area contributed by atoms with Crippen LogP contribution in [0.25, 0.3) is 0 Å². The summed E-state index contributed by atoms with van der Waals surface area (Å²) in [6.07, 6.45) is -0.146. The summed E-state index contributed by atoms with van der Waals surface area (Å²) in [5.41, 5.74) is -0.198. The minimum absolute atomic E-state index is 0.0278. The van der Waals surface area contributed by atoms with Gasteiger partial charge >= 0.3 is 0 Å². The number of carbonyl (C=O) groups excluding carboxylic acids is 1. The van der Waals surface area contributed by atoms with E-state index in [1.165, 1.54) is 0 Å². The Kier molecular flexibility index (Phi) is 7.57. The fourth-order valence-corrected chi connectivity index (χ4v) is 4.57. The first-order valence-corrected chi connectivity index (χ1v) is 13.4. The fourth-order valence-electron chi connectivity index (χ4n) is 3.19. The molecule has 0 spiro atoms. The molecular formula is C23H38O6Si. The zero-order valence-corrected chi connectivity index (χ0v) is 20.9. The highest BCUT2D eigenvalue weighted by Crippen LogP contribution is 2.42. The third-order valence-electron chi connectivity index (χ3n) is 6.09. The first kappa shape index (κ1) is 25.0. The molecule has 1 heterocycles. The lowest BCUT2D eigenvalue weighted by atomic mass is 9.95. The van der Waals surface area contributed by atoms with E-state index in [1.807, 2.05) is 45.0 Å². The van der Waals surface area contributed by atoms with Crippen LogP contribution in [0, 0.1) is 0 Å². The number of ether oxygens (including phenoxy) is 4. The lowest BCUT2D eigenvalue weighted by Gasteiger charge is -2.44. The van der Waals surface area contributed by atoms with Crippen LogP contribution in [0.15, 0.2) is 24.3 Å². The number of methoxy groups -OCH3 is 1. The summed E-state index contributed by atoms with van der Waals surface area (Å²) < 4.78 is 30.0. The Labute approximate surface area is 182 Å². The topological polar surface area (TPSA) is 63.2 Å². The molecule has 0 bridgehead atoms. The van der Waals surface area contributed by atoms with Gasteiger partial charge in [0.05, 0.1) is 26.4 Å². The van der Waals surface area contributed by atoms with Crippen molar-refractivity contribution in [2.45, 2.75) is 89.9 Å². The second-order valence-electron chi connectivity index (χ2n) is 10.0. The van der Waals surface area contributed by atoms with E-state index >= 15 is 0 Å². The second kappa shape index (κ2) is 9.08. The predicted octanol–water partition coefficient (Wildman–Crippen LogP) is 4.71. The van der Waals surface area contributed by atoms with Crippen LogP contribution in [0.5, 0.6) is 5.75 Å². The third-order valence-corrected chi connectivity index (χ3v) is 10.5. The van der Waals surface area contributed by atoms with Gasteiger partial charge in [-0.3, -0.25) is 4.79 Å². The van der Waals surface area contributed by atoms with E-state index < -0.39 is 25.8 Å². The number of benzene rings is 1. The van der Waals surface area contributed by atoms with Gasteiger partial charge in [0.25, 0.3) is 0 Å². The summed E-state index contributed by atoms with van der Waals surface area (Å²) in [6, 6.07) is 7.72. The zero-order chi connectivity index (χ0) is 22.8. The molecule has 0 radical (unpaired) electrons. The molecule has 1 aliphatic heterocycles. The molecule has 0 aliphatic carbocycles. The average Bonchev–Trinajstić information content (AvgIpc) is 2.99. The molecule has 1 saturated heterocycles. The van der Waals surface area contributed by atoms with Crippen molar-refractivity contribution < 1.29 is 28.2 Å². The Bertz CT molecular complexity index is 709. The van der Waals surface area contributed by atoms with Crippen molar-refractivity contribution in [1.82, 2.24) is 0 Å². The summed E-state index contributed by atoms with van der Waals surface area (Å²) in [4.78, 5) is 12.3. The maximum absolute atomic E-state index is 12.3. The lowest BCUT2D eigenvalue weighted by molar-refractivity contribution is -0.194. The van der Waals surface area contributed by atoms with Gasteiger partial charge in [-0.2, -0.15) is 0 Å². The van der Waals surface area contributed by atoms with Crippen molar-refractivity contribution in [2.24, 2.45) is 0 Å². The molecule has 170 valence electrons. The minimum Gasteiger partial charge on any atom is -0.497 e. The minimum atomic E-state index is -2.22. The number of rotatable bonds is 9. The molecular weight excluding hydrogens is 400 g/mol. The molecule has 0 saturated carbocycles. The van der Waals surface area contributed by atoms with E-state index in [2.05, 4.69) is 33.9 Å². The van der Waals surface area contributed by atoms with Gasteiger partial charge in [-0.25, -0.2) is 0 Å². The van der Waals surface area contributed by atoms with E-state index in [9.17, 15) is 4.79 Å². The van der Waals surface area contributed by atoms with Crippen LogP contribution in [-0.4, -0.2) is 51.9 Å². The maximum Gasteiger partial charge on any atom is 0.192 e. The van der Waals surface area contributed by atoms with E-state index in [1.54, 1.807) is 7.11 Å². The van der Waals surface area contributed by atoms with Gasteiger partial charge in [-0.15, -0.1) is 0 Å². The molecule has 1 fully saturated rings. The van der Waals surface area contributed by atoms with Crippen LogP contribution < -0.4 is 4.74 Å². The van der Waals surface area contributed by atoms with Crippen molar-refractivity contribution in [3.63, 3.8) is 0 Å². The van der Waals surface area contributed by atoms with Crippen LogP contribution >= 0.6 is 0 Å². The van der Waals surface area contributed by atoms with E-state index in [-0.39, 0.29) is 17.7 Å². The summed E-state index contributed by atoms with van der Waals surface area (Å²) in [5, 5.41) is -0.0278. The fraction of sp³-hybridized carbons (Fsp3) is 0.696. The van der Waals surface area contributed by atoms with Crippen molar-refractivity contribution in [1.29, 1.82) is 0 Å². The van der Waals surface area contributed by atoms with Crippen molar-refractivity contribution >= 4 is 14.6 Å². The number of aldehydes is 1. The van der Waals surface area contributed by atoms with Crippen molar-refractivity contribution in [3.8, 4) is 5.75 Å². The Morgan fingerprint density at radius 3 is 2.23 bits per heavy atom. The Morgan fingerprint density at radius 2 is 1.80 bits per heavy atom. The molecule has 7 heteroatoms. The van der Waals surface area contributed by atoms with Gasteiger partial charge in [-0.05, 0) is 56.6 Å². The van der Waals surface area contributed by atoms with Gasteiger partial charge in [-0.1, -0.05) is 32.9 Å². The van der Waals surface area contributed by atoms with E-state index in [0.717, 1.165) is 17.6 Å². The van der Waals surface area contributed by atoms with E-state index in [0.29, 0.717) is 6.61 Å². The Morgan fingerprint density at radius 1 is 1.20 bits per heavy atom. The molecule has 2 rings (SSSR count). The molecule has 0 aromatic heterocycles. The second-order valence-corrected chi connectivity index (χ2v) is 14.8. The molecule has 30 heavy (non-hydrogen) atoms. The van der Waals surface area contributed by atoms with Crippen LogP contribution in [0.4, 0.5) is 0 Å². The molecule has 0 amide bonds. The van der Waals surface area contributed by atoms with Gasteiger partial charge in [0.15, 0.2) is 26.0 Å². The van der Waals surface area contributed by atoms with Crippen LogP contribution in [0.1, 0.15) is 47.1 Å². The summed E-state index contributed by atoms with van der Waals surface area (Å²) in [5.74, 6) is -0.0596. The lowest BCUT2D eigenvalue weighted by Crippen LogP contribution is -2.59. The molecule has 1 aromatic rings. The summed E-state index contributed by atoms with van der Waals surface area (Å²) in [7, 11) is -0.580. The standard InChI is InChI=1S/C23H38O6Si/c1-17(26-14-18-10-12-19(25-7)13-11-18)20(28-30(8,9)21(2,3)4)23(15-24)16-27-22(5,6)29-23/h10-13,15,17,20H,14,16H2,1-9H3/t17-,20-,23+/m0/s1. The Balaban J connectivity index is 2.26. The highest BCUT2D eigenvalue weighted by atomic mass is 28.4. The van der Waals surface area contributed by atoms with Gasteiger partial charge in [0.2, 0.25) is 0 Å². The van der Waals surface area contributed by atoms with Crippen LogP contribution in [0.3, 0.4) is 0 Å². The SMILES string of the molecule is COc1ccc(CO[C@@H](C)[C@H](O[Si](C)(C)C(C)(C)C)[C@@]2(C=O)COC(C)(C)O2)cc1. The van der Waals surface area contributed by atoms with Crippen LogP contribution in [-0.2, 0) is 30.0 Å². The normalized spacial score (nSPS) is 23.8. The maximum atomic E-state index is 12.3. The van der Waals surface area contributed by atoms with Crippen molar-refractivity contribution in [3.05, 3.63) is 29.8 Å². The van der Waals surface area contributed by atoms with Crippen LogP contribution in [0.2, 0.25) is 18.1 Å². The zero-order valence-electron chi connectivity index (χ0n) is 19.9. The molecule has 1 aromatic carbocycles. The largest absolute Gasteiger partial charge is 0.497 e. The summed E-state index contributed by atoms with van der Waals surface area (Å²) >= 11 is 0. The molecule has 0 N–H and O–H groups in total. The number of hydrogen-bond donors (Lipinski definition) is 0. The molecule has 1 aliphatic rings. The number of carbonyl (C=O) groups is 1. The monoisotopic (exact) mass is 438 g/mol. The molecule has 0 unspecified atom stereocenters. The van der Waals surface area contributed by atoms with E-state index in [4.69, 9.17) is 23.4 Å². The molecule has 3 atom stereocenters. The Hall–Kier alpha value is -1.25. The smallest absolute Gasteiger partial charge is 0.192 e. The highest BCUT2D eigenvalue weighted by molar-refractivity contribution is 6.74. The molecule has 6 nitrogen and oxygen atoms in total. The van der Waals surface area contributed by atoms with Gasteiger partial charge in [0.1, 0.15) is 11.9 Å². The highest BCUT2D eigenvalue weighted by Gasteiger charge is 2.56. The number of hydrogen-bond acceptors (Lipinski definition) is 6. The van der Waals surface area contributed by atoms with Gasteiger partial charge in [0, 0.05) is 0 Å². The summed E-state index contributed by atoms with van der Waals surface area (Å²) in [6.45, 7) is 16.9. The first-order chi connectivity index (χ1) is 13.8. The first-order valence-electron chi connectivity index (χ1n) is 10.5. The predicted molar refractivity (Wildman–Crippen MR) is 119 cm³/mol.